The molecule has 1 fully saturated rings. The molecule has 0 radical (unpaired) electrons. The molecule has 1 N–H and O–H groups in total. The van der Waals surface area contributed by atoms with Crippen LogP contribution in [-0.4, -0.2) is 36.5 Å². The number of carbonyl (C=O) groups excluding carboxylic acids is 1. The Morgan fingerprint density at radius 3 is 2.16 bits per heavy atom. The third-order valence-electron chi connectivity index (χ3n) is 5.05. The lowest BCUT2D eigenvalue weighted by molar-refractivity contribution is 0.00522. The number of aliphatic hydroxyl groups excluding tert-OH is 1. The Hall–Kier alpha value is -2.99. The zero-order valence-electron chi connectivity index (χ0n) is 18.4. The van der Waals surface area contributed by atoms with Gasteiger partial charge in [0.05, 0.1) is 38.1 Å². The van der Waals surface area contributed by atoms with E-state index >= 15 is 0 Å². The minimum Gasteiger partial charge on any atom is -0.456 e. The van der Waals surface area contributed by atoms with Crippen molar-refractivity contribution in [2.24, 2.45) is 0 Å². The van der Waals surface area contributed by atoms with Crippen LogP contribution in [-0.2, 0) is 27.4 Å². The number of aryl methyl sites for hydroxylation is 1. The van der Waals surface area contributed by atoms with E-state index in [0.29, 0.717) is 31.8 Å². The number of benzene rings is 3. The van der Waals surface area contributed by atoms with Crippen LogP contribution in [0.3, 0.4) is 0 Å². The summed E-state index contributed by atoms with van der Waals surface area (Å²) >= 11 is 0. The Balaban J connectivity index is 0.000000305. The topological polar surface area (TPSA) is 65.0 Å². The zero-order valence-corrected chi connectivity index (χ0v) is 18.4. The average molecular weight is 435 g/mol. The van der Waals surface area contributed by atoms with Crippen LogP contribution < -0.4 is 0 Å². The van der Waals surface area contributed by atoms with E-state index in [9.17, 15) is 4.79 Å². The predicted octanol–water partition coefficient (Wildman–Crippen LogP) is 4.71. The van der Waals surface area contributed by atoms with Crippen LogP contribution in [0.2, 0.25) is 0 Å². The first-order chi connectivity index (χ1) is 15.6. The summed E-state index contributed by atoms with van der Waals surface area (Å²) in [6.07, 6.45) is 0.445. The van der Waals surface area contributed by atoms with E-state index in [4.69, 9.17) is 19.3 Å². The zero-order chi connectivity index (χ0) is 22.6. The van der Waals surface area contributed by atoms with Crippen molar-refractivity contribution in [3.05, 3.63) is 107 Å². The van der Waals surface area contributed by atoms with Crippen molar-refractivity contribution in [1.29, 1.82) is 0 Å². The fourth-order valence-electron chi connectivity index (χ4n) is 3.25. The van der Waals surface area contributed by atoms with Crippen molar-refractivity contribution in [2.75, 3.05) is 13.2 Å². The highest BCUT2D eigenvalue weighted by atomic mass is 16.6. The van der Waals surface area contributed by atoms with Crippen LogP contribution in [0.25, 0.3) is 0 Å². The van der Waals surface area contributed by atoms with E-state index in [1.807, 2.05) is 79.7 Å². The van der Waals surface area contributed by atoms with Crippen molar-refractivity contribution in [1.82, 2.24) is 0 Å². The normalized spacial score (nSPS) is 17.3. The summed E-state index contributed by atoms with van der Waals surface area (Å²) in [4.78, 5) is 12.1. The van der Waals surface area contributed by atoms with Crippen LogP contribution in [0, 0.1) is 6.92 Å². The minimum absolute atomic E-state index is 0.0236. The van der Waals surface area contributed by atoms with E-state index in [2.05, 4.69) is 0 Å². The lowest BCUT2D eigenvalue weighted by atomic mass is 10.1. The van der Waals surface area contributed by atoms with Gasteiger partial charge in [-0.15, -0.1) is 0 Å². The van der Waals surface area contributed by atoms with Gasteiger partial charge in [-0.2, -0.15) is 0 Å². The highest BCUT2D eigenvalue weighted by Crippen LogP contribution is 2.19. The van der Waals surface area contributed by atoms with E-state index in [1.165, 1.54) is 0 Å². The molecule has 4 rings (SSSR count). The molecule has 5 nitrogen and oxygen atoms in total. The molecule has 1 heterocycles. The van der Waals surface area contributed by atoms with Gasteiger partial charge in [0.25, 0.3) is 0 Å². The number of hydrogen-bond acceptors (Lipinski definition) is 5. The Kier molecular flexibility index (Phi) is 9.44. The first kappa shape index (κ1) is 23.7. The maximum atomic E-state index is 12.1. The molecule has 1 saturated heterocycles. The molecular weight excluding hydrogens is 404 g/mol. The van der Waals surface area contributed by atoms with E-state index in [-0.39, 0.29) is 24.8 Å². The van der Waals surface area contributed by atoms with Gasteiger partial charge in [-0.1, -0.05) is 78.4 Å². The first-order valence-electron chi connectivity index (χ1n) is 10.8. The second-order valence-corrected chi connectivity index (χ2v) is 7.73. The fourth-order valence-corrected chi connectivity index (χ4v) is 3.25. The van der Waals surface area contributed by atoms with Gasteiger partial charge in [0.1, 0.15) is 6.10 Å². The van der Waals surface area contributed by atoms with E-state index < -0.39 is 0 Å². The molecule has 1 aliphatic heterocycles. The molecule has 3 aromatic carbocycles. The second-order valence-electron chi connectivity index (χ2n) is 7.73. The van der Waals surface area contributed by atoms with Crippen LogP contribution in [0.4, 0.5) is 0 Å². The van der Waals surface area contributed by atoms with E-state index in [0.717, 1.165) is 16.7 Å². The molecule has 2 atom stereocenters. The molecular formula is C27H30O5. The van der Waals surface area contributed by atoms with Gasteiger partial charge in [-0.05, 0) is 30.2 Å². The lowest BCUT2D eigenvalue weighted by Gasteiger charge is -2.11. The highest BCUT2D eigenvalue weighted by molar-refractivity contribution is 5.89. The maximum Gasteiger partial charge on any atom is 0.338 e. The van der Waals surface area contributed by atoms with Crippen LogP contribution in [0.1, 0.15) is 33.5 Å². The van der Waals surface area contributed by atoms with Gasteiger partial charge in [-0.3, -0.25) is 0 Å². The highest BCUT2D eigenvalue weighted by Gasteiger charge is 2.28. The summed E-state index contributed by atoms with van der Waals surface area (Å²) in [6.45, 7) is 3.62. The Labute approximate surface area is 189 Å². The van der Waals surface area contributed by atoms with Crippen molar-refractivity contribution in [2.45, 2.75) is 38.8 Å². The first-order valence-corrected chi connectivity index (χ1v) is 10.8. The summed E-state index contributed by atoms with van der Waals surface area (Å²) in [5.41, 5.74) is 3.79. The van der Waals surface area contributed by atoms with Gasteiger partial charge < -0.3 is 19.3 Å². The fraction of sp³-hybridized carbons (Fsp3) is 0.296. The van der Waals surface area contributed by atoms with Gasteiger partial charge in [0, 0.05) is 6.42 Å². The molecule has 0 aromatic heterocycles. The Morgan fingerprint density at radius 1 is 0.938 bits per heavy atom. The number of carbonyl (C=O) groups is 1. The molecule has 168 valence electrons. The number of rotatable bonds is 7. The Bertz CT molecular complexity index is 925. The second kappa shape index (κ2) is 12.8. The minimum atomic E-state index is -0.297. The molecule has 5 heteroatoms. The third kappa shape index (κ3) is 7.93. The summed E-state index contributed by atoms with van der Waals surface area (Å²) in [7, 11) is 0. The monoisotopic (exact) mass is 434 g/mol. The van der Waals surface area contributed by atoms with Crippen LogP contribution in [0.5, 0.6) is 0 Å². The number of ether oxygens (including phenoxy) is 3. The van der Waals surface area contributed by atoms with Gasteiger partial charge >= 0.3 is 5.97 Å². The van der Waals surface area contributed by atoms with Crippen molar-refractivity contribution in [3.63, 3.8) is 0 Å². The van der Waals surface area contributed by atoms with Crippen molar-refractivity contribution >= 4 is 5.97 Å². The number of hydrogen-bond donors (Lipinski definition) is 1. The quantitative estimate of drug-likeness (QED) is 0.546. The SMILES string of the molecule is Cc1ccc(C(=O)O[C@@H]2CO[C@@H](COCc3ccccc3)C2)cc1.OCc1ccccc1. The molecule has 0 saturated carbocycles. The van der Waals surface area contributed by atoms with Crippen molar-refractivity contribution < 1.29 is 24.1 Å². The molecule has 0 aliphatic carbocycles. The van der Waals surface area contributed by atoms with Crippen molar-refractivity contribution in [3.8, 4) is 0 Å². The smallest absolute Gasteiger partial charge is 0.338 e. The summed E-state index contributed by atoms with van der Waals surface area (Å²) in [6, 6.07) is 26.9. The third-order valence-corrected chi connectivity index (χ3v) is 5.05. The molecule has 0 unspecified atom stereocenters. The lowest BCUT2D eigenvalue weighted by Crippen LogP contribution is -2.19. The largest absolute Gasteiger partial charge is 0.456 e. The molecule has 32 heavy (non-hydrogen) atoms. The van der Waals surface area contributed by atoms with Crippen LogP contribution >= 0.6 is 0 Å². The summed E-state index contributed by atoms with van der Waals surface area (Å²) < 4.78 is 16.9. The van der Waals surface area contributed by atoms with Gasteiger partial charge in [0.2, 0.25) is 0 Å². The number of esters is 1. The summed E-state index contributed by atoms with van der Waals surface area (Å²) in [5.74, 6) is -0.297. The van der Waals surface area contributed by atoms with E-state index in [1.54, 1.807) is 12.1 Å². The standard InChI is InChI=1S/C20H22O4.C7H8O/c1-15-7-9-17(10-8-15)20(21)24-19-11-18(23-14-19)13-22-12-16-5-3-2-4-6-16;8-6-7-4-2-1-3-5-7/h2-10,18-19H,11-14H2,1H3;1-5,8H,6H2/t18-,19+;/m1./s1. The molecule has 0 bridgehead atoms. The molecule has 1 aliphatic rings. The van der Waals surface area contributed by atoms with Gasteiger partial charge in [-0.25, -0.2) is 4.79 Å². The summed E-state index contributed by atoms with van der Waals surface area (Å²) in [5, 5.41) is 8.54. The molecule has 3 aromatic rings. The molecule has 0 spiro atoms. The van der Waals surface area contributed by atoms with Crippen LogP contribution in [0.15, 0.2) is 84.9 Å². The average Bonchev–Trinajstić information content (AvgIpc) is 3.28. The Morgan fingerprint density at radius 2 is 1.56 bits per heavy atom. The maximum absolute atomic E-state index is 12.1. The van der Waals surface area contributed by atoms with Gasteiger partial charge in [0.15, 0.2) is 0 Å². The predicted molar refractivity (Wildman–Crippen MR) is 123 cm³/mol. The number of aliphatic hydroxyl groups is 1. The molecule has 0 amide bonds.